The van der Waals surface area contributed by atoms with Gasteiger partial charge in [-0.2, -0.15) is 13.2 Å². The zero-order chi connectivity index (χ0) is 5.91. The normalized spacial score (nSPS) is 11.5. The zero-order valence-corrected chi connectivity index (χ0v) is 5.71. The summed E-state index contributed by atoms with van der Waals surface area (Å²) in [5, 5.41) is 0. The van der Waals surface area contributed by atoms with E-state index < -0.39 is 6.18 Å². The van der Waals surface area contributed by atoms with Crippen LogP contribution in [0.25, 0.3) is 0 Å². The van der Waals surface area contributed by atoms with Crippen molar-refractivity contribution in [1.29, 1.82) is 0 Å². The maximum absolute atomic E-state index is 10.9. The van der Waals surface area contributed by atoms with Gasteiger partial charge in [0, 0.05) is 34.0 Å². The minimum atomic E-state index is -4.26. The topological polar surface area (TPSA) is 0 Å². The fourth-order valence-corrected chi connectivity index (χ4v) is 0.214. The van der Waals surface area contributed by atoms with Gasteiger partial charge in [0.15, 0.2) is 0 Å². The monoisotopic (exact) mass is 237 g/mol. The van der Waals surface area contributed by atoms with E-state index in [0.29, 0.717) is 5.54 Å². The van der Waals surface area contributed by atoms with Gasteiger partial charge in [-0.05, 0) is 0 Å². The average Bonchev–Trinajstić information content (AvgIpc) is 1.30. The van der Waals surface area contributed by atoms with Crippen LogP contribution in [0.4, 0.5) is 13.2 Å². The van der Waals surface area contributed by atoms with Crippen LogP contribution in [0.1, 0.15) is 0 Å². The van der Waals surface area contributed by atoms with Crippen molar-refractivity contribution in [3.63, 3.8) is 0 Å². The Labute approximate surface area is 65.2 Å². The summed E-state index contributed by atoms with van der Waals surface area (Å²) in [6.07, 6.45) is -4.31. The summed E-state index contributed by atoms with van der Waals surface area (Å²) >= 11 is 4.59. The Balaban J connectivity index is 0. The van der Waals surface area contributed by atoms with E-state index in [1.165, 1.54) is 0 Å². The molecule has 0 aromatic heterocycles. The molecule has 0 aliphatic carbocycles. The van der Waals surface area contributed by atoms with E-state index >= 15 is 0 Å². The van der Waals surface area contributed by atoms with Crippen LogP contribution in [0.5, 0.6) is 0 Å². The summed E-state index contributed by atoms with van der Waals surface area (Å²) < 4.78 is 32.7. The first-order valence-electron chi connectivity index (χ1n) is 1.41. The van der Waals surface area contributed by atoms with Crippen molar-refractivity contribution in [2.45, 2.75) is 6.18 Å². The molecule has 5 heteroatoms. The molecule has 8 heavy (non-hydrogen) atoms. The number of allylic oxidation sites excluding steroid dienone is 1. The van der Waals surface area contributed by atoms with Gasteiger partial charge in [-0.3, -0.25) is 0 Å². The molecule has 0 saturated heterocycles. The summed E-state index contributed by atoms with van der Waals surface area (Å²) in [5.74, 6) is 0. The minimum Gasteiger partial charge on any atom is -0.167 e. The van der Waals surface area contributed by atoms with Gasteiger partial charge in [0.2, 0.25) is 0 Å². The fraction of sp³-hybridized carbons (Fsp3) is 0.333. The second kappa shape index (κ2) is 4.44. The van der Waals surface area contributed by atoms with Crippen LogP contribution in [0.3, 0.4) is 0 Å². The van der Waals surface area contributed by atoms with E-state index in [1.807, 2.05) is 0 Å². The van der Waals surface area contributed by atoms with Crippen molar-refractivity contribution < 1.29 is 35.6 Å². The van der Waals surface area contributed by atoms with E-state index in [9.17, 15) is 13.2 Å². The molecule has 0 saturated carbocycles. The number of halogens is 4. The van der Waals surface area contributed by atoms with Crippen molar-refractivity contribution in [3.8, 4) is 0 Å². The van der Waals surface area contributed by atoms with Gasteiger partial charge in [0.25, 0.3) is 0 Å². The van der Waals surface area contributed by atoms with Gasteiger partial charge >= 0.3 is 6.18 Å². The average molecular weight is 238 g/mol. The van der Waals surface area contributed by atoms with Gasteiger partial charge in [-0.25, -0.2) is 0 Å². The predicted octanol–water partition coefficient (Wildman–Crippen LogP) is 2.30. The van der Waals surface area contributed by atoms with Gasteiger partial charge in [-0.1, -0.05) is 11.6 Å². The Morgan fingerprint density at radius 1 is 1.25 bits per heavy atom. The van der Waals surface area contributed by atoms with Crippen LogP contribution < -0.4 is 0 Å². The first-order chi connectivity index (χ1) is 3.06. The maximum Gasteiger partial charge on any atom is 0.410 e. The van der Waals surface area contributed by atoms with E-state index in [4.69, 9.17) is 0 Å². The van der Waals surface area contributed by atoms with Crippen LogP contribution >= 0.6 is 11.6 Å². The number of rotatable bonds is 0. The maximum atomic E-state index is 10.9. The molecule has 0 rings (SSSR count). The molecule has 0 N–H and O–H groups in total. The molecule has 0 amide bonds. The molecule has 0 fully saturated rings. The van der Waals surface area contributed by atoms with Crippen LogP contribution in [0, 0.1) is 0 Å². The van der Waals surface area contributed by atoms with Crippen molar-refractivity contribution >= 4 is 11.6 Å². The van der Waals surface area contributed by atoms with E-state index in [1.54, 1.807) is 0 Å². The van der Waals surface area contributed by atoms with Crippen LogP contribution in [-0.2, 0) is 22.4 Å². The van der Waals surface area contributed by atoms with E-state index in [2.05, 4.69) is 11.6 Å². The molecule has 53 valence electrons. The SMILES string of the molecule is FC(F)(F)/C=C/Cl.[Ag]. The Hall–Kier alpha value is 0.560. The predicted molar refractivity (Wildman–Crippen MR) is 21.0 cm³/mol. The van der Waals surface area contributed by atoms with Gasteiger partial charge in [0.1, 0.15) is 0 Å². The Kier molecular flexibility index (Phi) is 6.31. The third-order valence-corrected chi connectivity index (χ3v) is 0.378. The van der Waals surface area contributed by atoms with E-state index in [0.717, 1.165) is 0 Å². The Morgan fingerprint density at radius 2 is 1.62 bits per heavy atom. The van der Waals surface area contributed by atoms with Gasteiger partial charge < -0.3 is 0 Å². The molecule has 0 nitrogen and oxygen atoms in total. The van der Waals surface area contributed by atoms with Crippen LogP contribution in [0.2, 0.25) is 0 Å². The largest absolute Gasteiger partial charge is 0.410 e. The molecule has 0 aliphatic rings. The summed E-state index contributed by atoms with van der Waals surface area (Å²) in [6, 6.07) is 0. The van der Waals surface area contributed by atoms with Gasteiger partial charge in [-0.15, -0.1) is 0 Å². The van der Waals surface area contributed by atoms with Gasteiger partial charge in [0.05, 0.1) is 0 Å². The number of alkyl halides is 3. The quantitative estimate of drug-likeness (QED) is 0.568. The molecular formula is C3H2AgClF3. The summed E-state index contributed by atoms with van der Waals surface area (Å²) in [6.45, 7) is 0. The minimum absolute atomic E-state index is 0. The van der Waals surface area contributed by atoms with Crippen molar-refractivity contribution in [1.82, 2.24) is 0 Å². The van der Waals surface area contributed by atoms with Crippen molar-refractivity contribution in [2.24, 2.45) is 0 Å². The third-order valence-electron chi connectivity index (χ3n) is 0.252. The molecule has 0 atom stereocenters. The summed E-state index contributed by atoms with van der Waals surface area (Å²) in [7, 11) is 0. The second-order valence-electron chi connectivity index (χ2n) is 0.834. The molecule has 1 radical (unpaired) electrons. The Bertz CT molecular complexity index is 77.1. The number of hydrogen-bond donors (Lipinski definition) is 0. The molecule has 0 spiro atoms. The molecule has 0 bridgehead atoms. The molecule has 0 heterocycles. The number of hydrogen-bond acceptors (Lipinski definition) is 0. The Morgan fingerprint density at radius 3 is 1.62 bits per heavy atom. The second-order valence-corrected chi connectivity index (χ2v) is 1.09. The van der Waals surface area contributed by atoms with Crippen LogP contribution in [0.15, 0.2) is 11.6 Å². The first-order valence-corrected chi connectivity index (χ1v) is 1.84. The standard InChI is InChI=1S/C3H2ClF3.Ag/c4-2-1-3(5,6)7;/h1-2H;/b2-1+;. The molecular weight excluding hydrogens is 236 g/mol. The first kappa shape index (κ1) is 11.4. The van der Waals surface area contributed by atoms with Crippen LogP contribution in [-0.4, -0.2) is 6.18 Å². The fourth-order valence-electron chi connectivity index (χ4n) is 0.0714. The van der Waals surface area contributed by atoms with Crippen molar-refractivity contribution in [3.05, 3.63) is 11.6 Å². The summed E-state index contributed by atoms with van der Waals surface area (Å²) in [4.78, 5) is 0. The summed E-state index contributed by atoms with van der Waals surface area (Å²) in [5.41, 5.74) is 0.431. The molecule has 0 unspecified atom stereocenters. The zero-order valence-electron chi connectivity index (χ0n) is 3.47. The third kappa shape index (κ3) is 9.75. The van der Waals surface area contributed by atoms with Crippen molar-refractivity contribution in [2.75, 3.05) is 0 Å². The molecule has 0 aromatic carbocycles. The molecule has 0 aliphatic heterocycles. The molecule has 0 aromatic rings. The van der Waals surface area contributed by atoms with E-state index in [-0.39, 0.29) is 28.5 Å². The smallest absolute Gasteiger partial charge is 0.167 e.